The minimum absolute atomic E-state index is 0.315. The summed E-state index contributed by atoms with van der Waals surface area (Å²) in [7, 11) is 0. The second-order valence-corrected chi connectivity index (χ2v) is 9.32. The monoisotopic (exact) mass is 488 g/mol. The molecule has 0 aliphatic carbocycles. The molecule has 0 unspecified atom stereocenters. The van der Waals surface area contributed by atoms with Gasteiger partial charge in [-0.15, -0.1) is 0 Å². The number of nitrogens with zero attached hydrogens (tertiary/aromatic N) is 2. The van der Waals surface area contributed by atoms with Gasteiger partial charge in [-0.25, -0.2) is 14.8 Å². The van der Waals surface area contributed by atoms with Gasteiger partial charge in [0.15, 0.2) is 17.7 Å². The van der Waals surface area contributed by atoms with Gasteiger partial charge in [0.1, 0.15) is 0 Å². The molecule has 1 atom stereocenters. The molecule has 0 aliphatic rings. The third-order valence-corrected chi connectivity index (χ3v) is 6.29. The molecule has 2 aromatic carbocycles. The van der Waals surface area contributed by atoms with E-state index in [0.29, 0.717) is 18.2 Å². The first-order chi connectivity index (χ1) is 17.6. The molecule has 3 aromatic rings. The molecule has 0 N–H and O–H groups in total. The smallest absolute Gasteiger partial charge is 0.340 e. The molecule has 192 valence electrons. The van der Waals surface area contributed by atoms with Crippen LogP contribution in [0.3, 0.4) is 0 Å². The standard InChI is InChI=1S/C31H40N2O3/c1-4-6-8-9-10-12-25-13-15-26(16-14-25)27-17-19-28(20-18-27)30-32-22-29(23-33-30)36-31(34)24(3)35-21-11-7-5-2/h13-20,22-24H,4-12,21H2,1-3H3/t24-/m1/s1. The summed E-state index contributed by atoms with van der Waals surface area (Å²) in [4.78, 5) is 21.0. The number of aryl methyl sites for hydroxylation is 1. The number of hydrogen-bond donors (Lipinski definition) is 0. The highest BCUT2D eigenvalue weighted by Gasteiger charge is 2.16. The Kier molecular flexibility index (Phi) is 11.6. The molecule has 0 spiro atoms. The Morgan fingerprint density at radius 1 is 0.750 bits per heavy atom. The third-order valence-electron chi connectivity index (χ3n) is 6.29. The summed E-state index contributed by atoms with van der Waals surface area (Å²) >= 11 is 0. The van der Waals surface area contributed by atoms with E-state index in [1.165, 1.54) is 55.6 Å². The molecule has 0 aliphatic heterocycles. The molecule has 1 heterocycles. The van der Waals surface area contributed by atoms with Crippen molar-refractivity contribution in [3.63, 3.8) is 0 Å². The van der Waals surface area contributed by atoms with Gasteiger partial charge >= 0.3 is 5.97 Å². The summed E-state index contributed by atoms with van der Waals surface area (Å²) in [5.41, 5.74) is 4.67. The second-order valence-electron chi connectivity index (χ2n) is 9.32. The molecular formula is C31H40N2O3. The molecule has 0 saturated carbocycles. The highest BCUT2D eigenvalue weighted by atomic mass is 16.6. The van der Waals surface area contributed by atoms with Crippen LogP contribution in [0.2, 0.25) is 0 Å². The first-order valence-corrected chi connectivity index (χ1v) is 13.5. The summed E-state index contributed by atoms with van der Waals surface area (Å²) in [6, 6.07) is 17.1. The lowest BCUT2D eigenvalue weighted by Crippen LogP contribution is -2.26. The fraction of sp³-hybridized carbons (Fsp3) is 0.452. The van der Waals surface area contributed by atoms with Crippen molar-refractivity contribution in [3.05, 3.63) is 66.5 Å². The minimum atomic E-state index is -0.617. The van der Waals surface area contributed by atoms with E-state index in [-0.39, 0.29) is 0 Å². The molecule has 0 amide bonds. The lowest BCUT2D eigenvalue weighted by Gasteiger charge is -2.12. The Balaban J connectivity index is 1.51. The van der Waals surface area contributed by atoms with Gasteiger partial charge in [-0.05, 0) is 42.9 Å². The first kappa shape index (κ1) is 27.5. The lowest BCUT2D eigenvalue weighted by atomic mass is 10.00. The normalized spacial score (nSPS) is 11.9. The van der Waals surface area contributed by atoms with Crippen LogP contribution in [0, 0.1) is 0 Å². The van der Waals surface area contributed by atoms with Crippen LogP contribution < -0.4 is 4.74 Å². The van der Waals surface area contributed by atoms with E-state index in [1.807, 2.05) is 12.1 Å². The fourth-order valence-corrected chi connectivity index (χ4v) is 4.01. The zero-order valence-corrected chi connectivity index (χ0v) is 22.0. The van der Waals surface area contributed by atoms with Gasteiger partial charge in [0, 0.05) is 12.2 Å². The van der Waals surface area contributed by atoms with E-state index in [1.54, 1.807) is 6.92 Å². The van der Waals surface area contributed by atoms with E-state index in [0.717, 1.165) is 36.8 Å². The predicted molar refractivity (Wildman–Crippen MR) is 146 cm³/mol. The van der Waals surface area contributed by atoms with Crippen molar-refractivity contribution < 1.29 is 14.3 Å². The van der Waals surface area contributed by atoms with E-state index in [4.69, 9.17) is 9.47 Å². The van der Waals surface area contributed by atoms with Crippen molar-refractivity contribution in [1.82, 2.24) is 9.97 Å². The molecule has 0 saturated heterocycles. The van der Waals surface area contributed by atoms with Crippen molar-refractivity contribution >= 4 is 5.97 Å². The van der Waals surface area contributed by atoms with Crippen molar-refractivity contribution in [2.75, 3.05) is 6.61 Å². The van der Waals surface area contributed by atoms with Crippen molar-refractivity contribution in [3.8, 4) is 28.3 Å². The fourth-order valence-electron chi connectivity index (χ4n) is 4.01. The number of rotatable bonds is 15. The SMILES string of the molecule is CCCCCCCc1ccc(-c2ccc(-c3ncc(OC(=O)[C@@H](C)OCCCCC)cn3)cc2)cc1. The number of hydrogen-bond acceptors (Lipinski definition) is 5. The minimum Gasteiger partial charge on any atom is -0.421 e. The van der Waals surface area contributed by atoms with Crippen LogP contribution in [0.15, 0.2) is 60.9 Å². The van der Waals surface area contributed by atoms with Gasteiger partial charge in [0.25, 0.3) is 0 Å². The van der Waals surface area contributed by atoms with E-state index in [2.05, 4.69) is 60.2 Å². The van der Waals surface area contributed by atoms with Crippen LogP contribution in [-0.4, -0.2) is 28.6 Å². The lowest BCUT2D eigenvalue weighted by molar-refractivity contribution is -0.146. The molecule has 0 bridgehead atoms. The molecule has 3 rings (SSSR count). The summed E-state index contributed by atoms with van der Waals surface area (Å²) in [6.45, 7) is 6.64. The van der Waals surface area contributed by atoms with Crippen LogP contribution in [0.25, 0.3) is 22.5 Å². The summed E-state index contributed by atoms with van der Waals surface area (Å²) in [6.07, 6.45) is 13.3. The number of aromatic nitrogens is 2. The Labute approximate surface area is 216 Å². The molecule has 1 aromatic heterocycles. The van der Waals surface area contributed by atoms with Gasteiger partial charge in [0.2, 0.25) is 0 Å². The maximum Gasteiger partial charge on any atom is 0.340 e. The van der Waals surface area contributed by atoms with Crippen LogP contribution >= 0.6 is 0 Å². The largest absolute Gasteiger partial charge is 0.421 e. The molecule has 0 fully saturated rings. The number of ether oxygens (including phenoxy) is 2. The van der Waals surface area contributed by atoms with Crippen LogP contribution in [-0.2, 0) is 16.0 Å². The summed E-state index contributed by atoms with van der Waals surface area (Å²) < 4.78 is 10.9. The molecule has 36 heavy (non-hydrogen) atoms. The topological polar surface area (TPSA) is 61.3 Å². The number of esters is 1. The molecule has 0 radical (unpaired) electrons. The van der Waals surface area contributed by atoms with Crippen LogP contribution in [0.5, 0.6) is 5.75 Å². The average Bonchev–Trinajstić information content (AvgIpc) is 2.92. The first-order valence-electron chi connectivity index (χ1n) is 13.5. The van der Waals surface area contributed by atoms with E-state index >= 15 is 0 Å². The Morgan fingerprint density at radius 2 is 1.31 bits per heavy atom. The van der Waals surface area contributed by atoms with Crippen molar-refractivity contribution in [2.45, 2.75) is 84.7 Å². The highest BCUT2D eigenvalue weighted by molar-refractivity contribution is 5.76. The maximum absolute atomic E-state index is 12.2. The summed E-state index contributed by atoms with van der Waals surface area (Å²) in [5, 5.41) is 0. The van der Waals surface area contributed by atoms with Gasteiger partial charge in [0.05, 0.1) is 12.4 Å². The van der Waals surface area contributed by atoms with Crippen LogP contribution in [0.1, 0.15) is 77.7 Å². The van der Waals surface area contributed by atoms with Gasteiger partial charge < -0.3 is 9.47 Å². The number of benzene rings is 2. The van der Waals surface area contributed by atoms with Crippen molar-refractivity contribution in [2.24, 2.45) is 0 Å². The van der Waals surface area contributed by atoms with E-state index in [9.17, 15) is 4.79 Å². The average molecular weight is 489 g/mol. The number of carbonyl (C=O) groups excluding carboxylic acids is 1. The summed E-state index contributed by atoms with van der Waals surface area (Å²) in [5.74, 6) is 0.466. The Hall–Kier alpha value is -3.05. The zero-order chi connectivity index (χ0) is 25.6. The highest BCUT2D eigenvalue weighted by Crippen LogP contribution is 2.24. The van der Waals surface area contributed by atoms with E-state index < -0.39 is 12.1 Å². The molecule has 5 heteroatoms. The zero-order valence-electron chi connectivity index (χ0n) is 22.0. The number of carbonyl (C=O) groups is 1. The molecule has 5 nitrogen and oxygen atoms in total. The third kappa shape index (κ3) is 8.87. The van der Waals surface area contributed by atoms with Gasteiger partial charge in [-0.2, -0.15) is 0 Å². The predicted octanol–water partition coefficient (Wildman–Crippen LogP) is 7.82. The molecular weight excluding hydrogens is 448 g/mol. The van der Waals surface area contributed by atoms with Gasteiger partial charge in [-0.3, -0.25) is 0 Å². The number of unbranched alkanes of at least 4 members (excludes halogenated alkanes) is 6. The Bertz CT molecular complexity index is 1030. The van der Waals surface area contributed by atoms with Crippen LogP contribution in [0.4, 0.5) is 0 Å². The maximum atomic E-state index is 12.2. The second kappa shape index (κ2) is 15.1. The van der Waals surface area contributed by atoms with Gasteiger partial charge in [-0.1, -0.05) is 101 Å². The Morgan fingerprint density at radius 3 is 1.94 bits per heavy atom. The quantitative estimate of drug-likeness (QED) is 0.161. The van der Waals surface area contributed by atoms with Crippen molar-refractivity contribution in [1.29, 1.82) is 0 Å².